The van der Waals surface area contributed by atoms with Gasteiger partial charge in [-0.2, -0.15) is 0 Å². The monoisotopic (exact) mass is 165 g/mol. The molecule has 0 bridgehead atoms. The molecule has 0 aromatic rings. The number of alkyl halides is 2. The molecule has 0 unspecified atom stereocenters. The van der Waals surface area contributed by atoms with E-state index in [2.05, 4.69) is 0 Å². The Hall–Kier alpha value is -0.220. The third-order valence-electron chi connectivity index (χ3n) is 2.15. The Balaban J connectivity index is 2.59. The third kappa shape index (κ3) is 2.10. The van der Waals surface area contributed by atoms with E-state index in [0.717, 1.165) is 0 Å². The second kappa shape index (κ2) is 2.68. The summed E-state index contributed by atoms with van der Waals surface area (Å²) in [4.78, 5) is 0. The minimum atomic E-state index is -2.72. The molecule has 0 aliphatic heterocycles. The second-order valence-corrected chi connectivity index (χ2v) is 3.31. The number of hydrogen-bond acceptors (Lipinski definition) is 2. The lowest BCUT2D eigenvalue weighted by molar-refractivity contribution is -0.119. The minimum absolute atomic E-state index is 0.0669. The fourth-order valence-electron chi connectivity index (χ4n) is 1.51. The summed E-state index contributed by atoms with van der Waals surface area (Å²) in [6, 6.07) is 0. The van der Waals surface area contributed by atoms with E-state index < -0.39 is 17.9 Å². The molecule has 11 heavy (non-hydrogen) atoms. The normalized spacial score (nSPS) is 37.1. The molecule has 2 nitrogen and oxygen atoms in total. The maximum Gasteiger partial charge on any atom is 0.250 e. The summed E-state index contributed by atoms with van der Waals surface area (Å²) >= 11 is 0. The summed E-state index contributed by atoms with van der Waals surface area (Å²) in [6.45, 7) is -0.0669. The third-order valence-corrected chi connectivity index (χ3v) is 2.15. The quantitative estimate of drug-likeness (QED) is 0.606. The van der Waals surface area contributed by atoms with Crippen LogP contribution in [0.5, 0.6) is 0 Å². The zero-order valence-corrected chi connectivity index (χ0v) is 6.32. The molecule has 0 heterocycles. The van der Waals surface area contributed by atoms with E-state index in [9.17, 15) is 13.9 Å². The molecule has 1 aliphatic carbocycles. The molecule has 0 spiro atoms. The van der Waals surface area contributed by atoms with Gasteiger partial charge in [-0.3, -0.25) is 0 Å². The lowest BCUT2D eigenvalue weighted by Gasteiger charge is -2.35. The van der Waals surface area contributed by atoms with Crippen molar-refractivity contribution in [3.63, 3.8) is 0 Å². The van der Waals surface area contributed by atoms with Gasteiger partial charge in [-0.1, -0.05) is 0 Å². The van der Waals surface area contributed by atoms with Crippen molar-refractivity contribution in [3.05, 3.63) is 0 Å². The van der Waals surface area contributed by atoms with Gasteiger partial charge >= 0.3 is 0 Å². The maximum absolute atomic E-state index is 12.7. The van der Waals surface area contributed by atoms with Crippen LogP contribution in [0, 0.1) is 0 Å². The van der Waals surface area contributed by atoms with Gasteiger partial charge in [0.25, 0.3) is 5.92 Å². The van der Waals surface area contributed by atoms with Crippen molar-refractivity contribution in [3.8, 4) is 0 Å². The summed E-state index contributed by atoms with van der Waals surface area (Å²) in [7, 11) is 0. The number of hydrogen-bond donors (Lipinski definition) is 2. The maximum atomic E-state index is 12.7. The lowest BCUT2D eigenvalue weighted by atomic mass is 9.83. The van der Waals surface area contributed by atoms with Gasteiger partial charge in [-0.05, 0) is 12.8 Å². The molecule has 4 heteroatoms. The lowest BCUT2D eigenvalue weighted by Crippen LogP contribution is -2.46. The van der Waals surface area contributed by atoms with Crippen molar-refractivity contribution in [1.29, 1.82) is 0 Å². The number of rotatable bonds is 1. The Bertz CT molecular complexity index is 151. The highest BCUT2D eigenvalue weighted by Gasteiger charge is 2.43. The van der Waals surface area contributed by atoms with Gasteiger partial charge in [0.2, 0.25) is 0 Å². The topological polar surface area (TPSA) is 46.2 Å². The van der Waals surface area contributed by atoms with Crippen molar-refractivity contribution in [2.24, 2.45) is 5.73 Å². The van der Waals surface area contributed by atoms with Crippen LogP contribution >= 0.6 is 0 Å². The van der Waals surface area contributed by atoms with Crippen LogP contribution in [0.2, 0.25) is 0 Å². The molecule has 0 aromatic heterocycles. The van der Waals surface area contributed by atoms with Crippen LogP contribution in [0.1, 0.15) is 25.7 Å². The molecule has 0 amide bonds. The van der Waals surface area contributed by atoms with Crippen LogP contribution in [0.15, 0.2) is 0 Å². The van der Waals surface area contributed by atoms with Gasteiger partial charge in [-0.25, -0.2) is 8.78 Å². The SMILES string of the molecule is NC[C@@]1(O)CCCC(F)(F)C1. The second-order valence-electron chi connectivity index (χ2n) is 3.31. The van der Waals surface area contributed by atoms with Crippen molar-refractivity contribution >= 4 is 0 Å². The molecule has 0 aromatic carbocycles. The van der Waals surface area contributed by atoms with E-state index in [1.807, 2.05) is 0 Å². The van der Waals surface area contributed by atoms with E-state index in [4.69, 9.17) is 5.73 Å². The van der Waals surface area contributed by atoms with Crippen LogP contribution in [0.25, 0.3) is 0 Å². The summed E-state index contributed by atoms with van der Waals surface area (Å²) < 4.78 is 25.3. The molecule has 1 saturated carbocycles. The van der Waals surface area contributed by atoms with E-state index >= 15 is 0 Å². The van der Waals surface area contributed by atoms with Crippen LogP contribution in [-0.4, -0.2) is 23.2 Å². The molecular weight excluding hydrogens is 152 g/mol. The van der Waals surface area contributed by atoms with E-state index in [1.54, 1.807) is 0 Å². The molecule has 1 fully saturated rings. The zero-order chi connectivity index (χ0) is 8.54. The number of aliphatic hydroxyl groups is 1. The van der Waals surface area contributed by atoms with E-state index in [0.29, 0.717) is 12.8 Å². The van der Waals surface area contributed by atoms with Gasteiger partial charge in [-0.15, -0.1) is 0 Å². The molecule has 1 aliphatic rings. The van der Waals surface area contributed by atoms with Crippen molar-refractivity contribution in [2.75, 3.05) is 6.54 Å². The zero-order valence-electron chi connectivity index (χ0n) is 6.32. The van der Waals surface area contributed by atoms with Crippen LogP contribution < -0.4 is 5.73 Å². The summed E-state index contributed by atoms with van der Waals surface area (Å²) in [5.74, 6) is -2.72. The average Bonchev–Trinajstić information content (AvgIpc) is 1.85. The Kier molecular flexibility index (Phi) is 2.16. The summed E-state index contributed by atoms with van der Waals surface area (Å²) in [6.07, 6.45) is 0.172. The number of nitrogens with two attached hydrogens (primary N) is 1. The fraction of sp³-hybridized carbons (Fsp3) is 1.00. The Morgan fingerprint density at radius 2 is 2.00 bits per heavy atom. The molecule has 66 valence electrons. The van der Waals surface area contributed by atoms with Crippen LogP contribution in [-0.2, 0) is 0 Å². The molecular formula is C7H13F2NO. The largest absolute Gasteiger partial charge is 0.388 e. The average molecular weight is 165 g/mol. The molecule has 1 rings (SSSR count). The molecule has 3 N–H and O–H groups in total. The first-order chi connectivity index (χ1) is 4.97. The first kappa shape index (κ1) is 8.87. The summed E-state index contributed by atoms with van der Waals surface area (Å²) in [5.41, 5.74) is 3.86. The van der Waals surface area contributed by atoms with Crippen molar-refractivity contribution in [1.82, 2.24) is 0 Å². The fourth-order valence-corrected chi connectivity index (χ4v) is 1.51. The van der Waals surface area contributed by atoms with Gasteiger partial charge in [0.15, 0.2) is 0 Å². The highest BCUT2D eigenvalue weighted by molar-refractivity contribution is 4.90. The Morgan fingerprint density at radius 1 is 1.36 bits per heavy atom. The Morgan fingerprint density at radius 3 is 2.36 bits per heavy atom. The highest BCUT2D eigenvalue weighted by Crippen LogP contribution is 2.38. The number of halogens is 2. The standard InChI is InChI=1S/C7H13F2NO/c8-7(9)3-1-2-6(11,4-7)5-10/h11H,1-5,10H2/t6-/m1/s1. The van der Waals surface area contributed by atoms with Crippen molar-refractivity contribution < 1.29 is 13.9 Å². The molecule has 1 atom stereocenters. The molecule has 0 saturated heterocycles. The van der Waals surface area contributed by atoms with Gasteiger partial charge in [0.1, 0.15) is 0 Å². The van der Waals surface area contributed by atoms with Gasteiger partial charge < -0.3 is 10.8 Å². The predicted molar refractivity (Wildman–Crippen MR) is 37.4 cm³/mol. The predicted octanol–water partition coefficient (Wildman–Crippen LogP) is 0.885. The van der Waals surface area contributed by atoms with Gasteiger partial charge in [0, 0.05) is 19.4 Å². The minimum Gasteiger partial charge on any atom is -0.388 e. The van der Waals surface area contributed by atoms with Gasteiger partial charge in [0.05, 0.1) is 5.60 Å². The highest BCUT2D eigenvalue weighted by atomic mass is 19.3. The first-order valence-corrected chi connectivity index (χ1v) is 3.78. The van der Waals surface area contributed by atoms with Crippen molar-refractivity contribution in [2.45, 2.75) is 37.2 Å². The van der Waals surface area contributed by atoms with Crippen LogP contribution in [0.3, 0.4) is 0 Å². The van der Waals surface area contributed by atoms with E-state index in [1.165, 1.54) is 0 Å². The first-order valence-electron chi connectivity index (χ1n) is 3.78. The smallest absolute Gasteiger partial charge is 0.250 e. The van der Waals surface area contributed by atoms with Crippen LogP contribution in [0.4, 0.5) is 8.78 Å². The van der Waals surface area contributed by atoms with E-state index in [-0.39, 0.29) is 13.0 Å². The Labute approximate surface area is 64.4 Å². The molecule has 0 radical (unpaired) electrons. The summed E-state index contributed by atoms with van der Waals surface area (Å²) in [5, 5.41) is 9.41.